The van der Waals surface area contributed by atoms with Crippen LogP contribution in [0.1, 0.15) is 25.0 Å². The van der Waals surface area contributed by atoms with E-state index in [0.717, 1.165) is 0 Å². The van der Waals surface area contributed by atoms with E-state index in [2.05, 4.69) is 196 Å². The molecule has 0 N–H and O–H groups in total. The molecule has 1 aromatic heterocycles. The molecule has 1 aliphatic carbocycles. The van der Waals surface area contributed by atoms with Crippen molar-refractivity contribution in [2.24, 2.45) is 0 Å². The average Bonchev–Trinajstić information content (AvgIpc) is 3.75. The van der Waals surface area contributed by atoms with Crippen molar-refractivity contribution >= 4 is 74.6 Å². The van der Waals surface area contributed by atoms with Crippen molar-refractivity contribution in [3.05, 3.63) is 193 Å². The van der Waals surface area contributed by atoms with Crippen LogP contribution in [0.4, 0.5) is 0 Å². The molecule has 0 aliphatic heterocycles. The lowest BCUT2D eigenvalue weighted by atomic mass is 9.80. The normalized spacial score (nSPS) is 13.3. The molecule has 12 rings (SSSR count). The van der Waals surface area contributed by atoms with Crippen LogP contribution >= 0.6 is 11.3 Å². The van der Waals surface area contributed by atoms with Gasteiger partial charge in [0, 0.05) is 25.6 Å². The van der Waals surface area contributed by atoms with Crippen molar-refractivity contribution in [3.8, 4) is 44.5 Å². The molecular formula is C55H36S. The average molecular weight is 729 g/mol. The van der Waals surface area contributed by atoms with Crippen LogP contribution in [0.5, 0.6) is 0 Å². The third-order valence-electron chi connectivity index (χ3n) is 12.7. The first-order chi connectivity index (χ1) is 27.5. The minimum Gasteiger partial charge on any atom is -0.135 e. The van der Waals surface area contributed by atoms with E-state index in [9.17, 15) is 0 Å². The molecule has 0 bridgehead atoms. The largest absolute Gasteiger partial charge is 0.135 e. The Morgan fingerprint density at radius 3 is 1.57 bits per heavy atom. The number of rotatable bonds is 3. The van der Waals surface area contributed by atoms with Crippen LogP contribution in [-0.4, -0.2) is 0 Å². The van der Waals surface area contributed by atoms with Gasteiger partial charge in [0.1, 0.15) is 0 Å². The van der Waals surface area contributed by atoms with Crippen LogP contribution in [0, 0.1) is 0 Å². The molecule has 0 saturated carbocycles. The number of hydrogen-bond donors (Lipinski definition) is 0. The Hall–Kier alpha value is -6.54. The number of thiophene rings is 1. The van der Waals surface area contributed by atoms with E-state index in [0.29, 0.717) is 0 Å². The van der Waals surface area contributed by atoms with E-state index in [4.69, 9.17) is 0 Å². The fraction of sp³-hybridized carbons (Fsp3) is 0.0545. The van der Waals surface area contributed by atoms with Gasteiger partial charge in [0.05, 0.1) is 0 Å². The number of fused-ring (bicyclic) bond motifs is 12. The molecule has 0 radical (unpaired) electrons. The molecule has 0 atom stereocenters. The highest BCUT2D eigenvalue weighted by molar-refractivity contribution is 7.26. The number of benzene rings is 10. The summed E-state index contributed by atoms with van der Waals surface area (Å²) >= 11 is 1.91. The van der Waals surface area contributed by atoms with Gasteiger partial charge in [-0.3, -0.25) is 0 Å². The fourth-order valence-electron chi connectivity index (χ4n) is 10.1. The second-order valence-electron chi connectivity index (χ2n) is 16.0. The van der Waals surface area contributed by atoms with Gasteiger partial charge in [0.15, 0.2) is 0 Å². The molecule has 0 fully saturated rings. The van der Waals surface area contributed by atoms with Crippen LogP contribution in [0.2, 0.25) is 0 Å². The van der Waals surface area contributed by atoms with E-state index in [-0.39, 0.29) is 5.41 Å². The standard InChI is InChI=1S/C55H36S/c1-55(2)47-22-12-11-16-39(47)40-29-27-36(31-48(40)55)52-44-20-9-7-18-42(44)51(43-19-8-10-21-45(43)52)35-25-23-34(24-26-35)46-32-50-54(41-17-6-5-15-38(41)46)53-37-14-4-3-13-33(37)28-30-49(53)56-50/h3-32H,1-2H3. The van der Waals surface area contributed by atoms with Crippen molar-refractivity contribution in [2.45, 2.75) is 19.3 Å². The maximum absolute atomic E-state index is 2.47. The first kappa shape index (κ1) is 31.8. The van der Waals surface area contributed by atoms with E-state index in [1.165, 1.54) is 119 Å². The lowest BCUT2D eigenvalue weighted by molar-refractivity contribution is 0.660. The molecule has 0 saturated heterocycles. The van der Waals surface area contributed by atoms with Gasteiger partial charge >= 0.3 is 0 Å². The summed E-state index contributed by atoms with van der Waals surface area (Å²) in [5.74, 6) is 0. The minimum absolute atomic E-state index is 0.0591. The van der Waals surface area contributed by atoms with Gasteiger partial charge in [-0.05, 0) is 117 Å². The summed E-state index contributed by atoms with van der Waals surface area (Å²) in [5.41, 5.74) is 13.1. The first-order valence-electron chi connectivity index (χ1n) is 19.6. The Balaban J connectivity index is 1.03. The molecule has 0 nitrogen and oxygen atoms in total. The monoisotopic (exact) mass is 728 g/mol. The maximum atomic E-state index is 2.47. The molecule has 10 aromatic carbocycles. The summed E-state index contributed by atoms with van der Waals surface area (Å²) in [7, 11) is 0. The second-order valence-corrected chi connectivity index (χ2v) is 17.0. The van der Waals surface area contributed by atoms with E-state index in [1.807, 2.05) is 11.3 Å². The van der Waals surface area contributed by atoms with Crippen LogP contribution in [0.3, 0.4) is 0 Å². The zero-order valence-corrected chi connectivity index (χ0v) is 32.0. The highest BCUT2D eigenvalue weighted by Gasteiger charge is 2.35. The molecule has 11 aromatic rings. The van der Waals surface area contributed by atoms with E-state index < -0.39 is 0 Å². The molecule has 0 spiro atoms. The van der Waals surface area contributed by atoms with Crippen molar-refractivity contribution in [1.82, 2.24) is 0 Å². The molecule has 56 heavy (non-hydrogen) atoms. The van der Waals surface area contributed by atoms with Gasteiger partial charge in [-0.15, -0.1) is 11.3 Å². The first-order valence-corrected chi connectivity index (χ1v) is 20.4. The van der Waals surface area contributed by atoms with Gasteiger partial charge in [0.25, 0.3) is 0 Å². The Kier molecular flexibility index (Phi) is 6.66. The third-order valence-corrected chi connectivity index (χ3v) is 13.8. The Morgan fingerprint density at radius 2 is 0.857 bits per heavy atom. The van der Waals surface area contributed by atoms with Crippen LogP contribution in [0.25, 0.3) is 108 Å². The SMILES string of the molecule is CC1(C)c2ccccc2-c2ccc(-c3c4ccccc4c(-c4ccc(-c5cc6sc7ccc8ccccc8c7c6c6ccccc56)cc4)c4ccccc34)cc21. The minimum atomic E-state index is -0.0591. The number of hydrogen-bond acceptors (Lipinski definition) is 1. The van der Waals surface area contributed by atoms with Gasteiger partial charge in [-0.1, -0.05) is 178 Å². The topological polar surface area (TPSA) is 0 Å². The lowest BCUT2D eigenvalue weighted by Crippen LogP contribution is -2.14. The summed E-state index contributed by atoms with van der Waals surface area (Å²) in [6, 6.07) is 68.2. The predicted octanol–water partition coefficient (Wildman–Crippen LogP) is 16.0. The van der Waals surface area contributed by atoms with Gasteiger partial charge < -0.3 is 0 Å². The van der Waals surface area contributed by atoms with Gasteiger partial charge in [-0.25, -0.2) is 0 Å². The zero-order chi connectivity index (χ0) is 37.1. The molecule has 0 unspecified atom stereocenters. The molecule has 1 aliphatic rings. The Bertz CT molecular complexity index is 3370. The van der Waals surface area contributed by atoms with Crippen molar-refractivity contribution < 1.29 is 0 Å². The maximum Gasteiger partial charge on any atom is 0.0368 e. The summed E-state index contributed by atoms with van der Waals surface area (Å²) in [5, 5.41) is 13.1. The molecular weight excluding hydrogens is 693 g/mol. The van der Waals surface area contributed by atoms with Crippen molar-refractivity contribution in [1.29, 1.82) is 0 Å². The third kappa shape index (κ3) is 4.41. The van der Waals surface area contributed by atoms with Crippen LogP contribution < -0.4 is 0 Å². The van der Waals surface area contributed by atoms with E-state index >= 15 is 0 Å². The highest BCUT2D eigenvalue weighted by atomic mass is 32.1. The summed E-state index contributed by atoms with van der Waals surface area (Å²) in [4.78, 5) is 0. The molecule has 262 valence electrons. The summed E-state index contributed by atoms with van der Waals surface area (Å²) < 4.78 is 2.67. The quantitative estimate of drug-likeness (QED) is 0.159. The Labute approximate surface area is 329 Å². The van der Waals surface area contributed by atoms with E-state index in [1.54, 1.807) is 0 Å². The smallest absolute Gasteiger partial charge is 0.0368 e. The predicted molar refractivity (Wildman–Crippen MR) is 243 cm³/mol. The highest BCUT2D eigenvalue weighted by Crippen LogP contribution is 2.52. The van der Waals surface area contributed by atoms with Crippen LogP contribution in [-0.2, 0) is 5.41 Å². The lowest BCUT2D eigenvalue weighted by Gasteiger charge is -2.23. The van der Waals surface area contributed by atoms with Crippen molar-refractivity contribution in [2.75, 3.05) is 0 Å². The molecule has 0 amide bonds. The second kappa shape index (κ2) is 11.7. The molecule has 1 heteroatoms. The van der Waals surface area contributed by atoms with Crippen molar-refractivity contribution in [3.63, 3.8) is 0 Å². The zero-order valence-electron chi connectivity index (χ0n) is 31.2. The summed E-state index contributed by atoms with van der Waals surface area (Å²) in [6.07, 6.45) is 0. The van der Waals surface area contributed by atoms with Gasteiger partial charge in [0.2, 0.25) is 0 Å². The van der Waals surface area contributed by atoms with Gasteiger partial charge in [-0.2, -0.15) is 0 Å². The fourth-order valence-corrected chi connectivity index (χ4v) is 11.2. The Morgan fingerprint density at radius 1 is 0.339 bits per heavy atom. The summed E-state index contributed by atoms with van der Waals surface area (Å²) in [6.45, 7) is 4.74. The molecule has 1 heterocycles. The van der Waals surface area contributed by atoms with Crippen LogP contribution in [0.15, 0.2) is 182 Å².